The number of methoxy groups -OCH3 is 1. The highest BCUT2D eigenvalue weighted by atomic mass is 19.1. The molecule has 3 aromatic rings. The van der Waals surface area contributed by atoms with E-state index in [4.69, 9.17) is 4.74 Å². The standard InChI is InChI=1S/C18H17FN4O/c1-24-15-7-5-12(6-8-15)16-10-17(13-3-2-4-14(19)9-13)23-18(22-16)20-11-21-23/h2-9,11,16-17H,10H2,1H3,(H,20,21,22)/t16-,17+/m0/s1. The van der Waals surface area contributed by atoms with Gasteiger partial charge in [-0.25, -0.2) is 9.07 Å². The summed E-state index contributed by atoms with van der Waals surface area (Å²) in [7, 11) is 1.65. The topological polar surface area (TPSA) is 52.0 Å². The van der Waals surface area contributed by atoms with Gasteiger partial charge in [-0.15, -0.1) is 0 Å². The summed E-state index contributed by atoms with van der Waals surface area (Å²) < 4.78 is 20.7. The maximum atomic E-state index is 13.7. The highest BCUT2D eigenvalue weighted by Gasteiger charge is 2.30. The smallest absolute Gasteiger partial charge is 0.222 e. The van der Waals surface area contributed by atoms with Gasteiger partial charge < -0.3 is 10.1 Å². The van der Waals surface area contributed by atoms with Gasteiger partial charge in [0.2, 0.25) is 5.95 Å². The number of nitrogens with zero attached hydrogens (tertiary/aromatic N) is 3. The van der Waals surface area contributed by atoms with Gasteiger partial charge in [0.1, 0.15) is 17.9 Å². The molecule has 1 aliphatic heterocycles. The van der Waals surface area contributed by atoms with E-state index in [2.05, 4.69) is 15.4 Å². The Morgan fingerprint density at radius 2 is 2.00 bits per heavy atom. The fourth-order valence-corrected chi connectivity index (χ4v) is 3.17. The van der Waals surface area contributed by atoms with E-state index in [1.807, 2.05) is 35.0 Å². The summed E-state index contributed by atoms with van der Waals surface area (Å²) in [5, 5.41) is 7.70. The van der Waals surface area contributed by atoms with Crippen LogP contribution in [0.15, 0.2) is 54.9 Å². The molecule has 0 radical (unpaired) electrons. The lowest BCUT2D eigenvalue weighted by Crippen LogP contribution is -2.28. The Hall–Kier alpha value is -2.89. The predicted octanol–water partition coefficient (Wildman–Crippen LogP) is 3.57. The minimum absolute atomic E-state index is 0.0634. The van der Waals surface area contributed by atoms with E-state index in [1.165, 1.54) is 12.4 Å². The molecular formula is C18H17FN4O. The molecule has 2 atom stereocenters. The lowest BCUT2D eigenvalue weighted by atomic mass is 9.93. The summed E-state index contributed by atoms with van der Waals surface area (Å²) in [6.07, 6.45) is 2.27. The van der Waals surface area contributed by atoms with Crippen LogP contribution < -0.4 is 10.1 Å². The molecule has 0 fully saturated rings. The summed E-state index contributed by atoms with van der Waals surface area (Å²) in [5.41, 5.74) is 2.02. The number of anilines is 1. The van der Waals surface area contributed by atoms with E-state index in [1.54, 1.807) is 19.2 Å². The van der Waals surface area contributed by atoms with Crippen molar-refractivity contribution in [1.82, 2.24) is 14.8 Å². The quantitative estimate of drug-likeness (QED) is 0.800. The lowest BCUT2D eigenvalue weighted by molar-refractivity contribution is 0.413. The maximum Gasteiger partial charge on any atom is 0.222 e. The Morgan fingerprint density at radius 3 is 2.75 bits per heavy atom. The first-order valence-corrected chi connectivity index (χ1v) is 7.80. The van der Waals surface area contributed by atoms with E-state index in [0.717, 1.165) is 23.3 Å². The van der Waals surface area contributed by atoms with Gasteiger partial charge in [-0.05, 0) is 41.8 Å². The van der Waals surface area contributed by atoms with Crippen LogP contribution in [0.2, 0.25) is 0 Å². The van der Waals surface area contributed by atoms with E-state index < -0.39 is 0 Å². The minimum atomic E-state index is -0.242. The molecule has 0 saturated carbocycles. The summed E-state index contributed by atoms with van der Waals surface area (Å²) in [6, 6.07) is 14.6. The fraction of sp³-hybridized carbons (Fsp3) is 0.222. The number of hydrogen-bond donors (Lipinski definition) is 1. The Kier molecular flexibility index (Phi) is 3.65. The molecule has 4 rings (SSSR count). The zero-order valence-corrected chi connectivity index (χ0v) is 13.2. The van der Waals surface area contributed by atoms with E-state index in [-0.39, 0.29) is 17.9 Å². The van der Waals surface area contributed by atoms with Gasteiger partial charge in [0, 0.05) is 0 Å². The average molecular weight is 324 g/mol. The molecular weight excluding hydrogens is 307 g/mol. The van der Waals surface area contributed by atoms with Crippen molar-refractivity contribution in [2.45, 2.75) is 18.5 Å². The molecule has 0 spiro atoms. The van der Waals surface area contributed by atoms with Crippen LogP contribution in [0.4, 0.5) is 10.3 Å². The monoisotopic (exact) mass is 324 g/mol. The van der Waals surface area contributed by atoms with Crippen molar-refractivity contribution in [1.29, 1.82) is 0 Å². The first-order chi connectivity index (χ1) is 11.7. The van der Waals surface area contributed by atoms with Crippen LogP contribution in [0.3, 0.4) is 0 Å². The molecule has 1 N–H and O–H groups in total. The van der Waals surface area contributed by atoms with Crippen molar-refractivity contribution in [3.05, 3.63) is 71.8 Å². The van der Waals surface area contributed by atoms with Crippen LogP contribution in [0.1, 0.15) is 29.6 Å². The molecule has 5 nitrogen and oxygen atoms in total. The number of benzene rings is 2. The van der Waals surface area contributed by atoms with E-state index in [9.17, 15) is 4.39 Å². The molecule has 2 aromatic carbocycles. The van der Waals surface area contributed by atoms with Crippen LogP contribution in [0.5, 0.6) is 5.75 Å². The average Bonchev–Trinajstić information content (AvgIpc) is 3.09. The van der Waals surface area contributed by atoms with Crippen molar-refractivity contribution in [3.63, 3.8) is 0 Å². The summed E-state index contributed by atoms with van der Waals surface area (Å²) in [5.74, 6) is 1.27. The van der Waals surface area contributed by atoms with Crippen LogP contribution in [-0.2, 0) is 0 Å². The first-order valence-electron chi connectivity index (χ1n) is 7.80. The van der Waals surface area contributed by atoms with Crippen molar-refractivity contribution < 1.29 is 9.13 Å². The number of nitrogens with one attached hydrogen (secondary N) is 1. The second kappa shape index (κ2) is 5.96. The van der Waals surface area contributed by atoms with E-state index in [0.29, 0.717) is 5.95 Å². The van der Waals surface area contributed by atoms with Gasteiger partial charge in [-0.2, -0.15) is 10.1 Å². The van der Waals surface area contributed by atoms with Gasteiger partial charge in [-0.3, -0.25) is 0 Å². The van der Waals surface area contributed by atoms with Crippen LogP contribution in [0.25, 0.3) is 0 Å². The van der Waals surface area contributed by atoms with Crippen molar-refractivity contribution in [2.75, 3.05) is 12.4 Å². The third-order valence-corrected chi connectivity index (χ3v) is 4.38. The van der Waals surface area contributed by atoms with Gasteiger partial charge in [0.05, 0.1) is 19.2 Å². The van der Waals surface area contributed by atoms with Crippen LogP contribution in [-0.4, -0.2) is 21.9 Å². The molecule has 122 valence electrons. The number of hydrogen-bond acceptors (Lipinski definition) is 4. The Balaban J connectivity index is 1.70. The molecule has 1 aromatic heterocycles. The molecule has 0 amide bonds. The SMILES string of the molecule is COc1ccc([C@@H]2C[C@H](c3cccc(F)c3)n3ncnc3N2)cc1. The highest BCUT2D eigenvalue weighted by molar-refractivity contribution is 5.39. The van der Waals surface area contributed by atoms with Gasteiger partial charge in [0.25, 0.3) is 0 Å². The van der Waals surface area contributed by atoms with Crippen molar-refractivity contribution in [3.8, 4) is 5.75 Å². The fourth-order valence-electron chi connectivity index (χ4n) is 3.17. The number of ether oxygens (including phenoxy) is 1. The lowest BCUT2D eigenvalue weighted by Gasteiger charge is -2.31. The van der Waals surface area contributed by atoms with Crippen LogP contribution >= 0.6 is 0 Å². The molecule has 6 heteroatoms. The molecule has 0 saturated heterocycles. The summed E-state index contributed by atoms with van der Waals surface area (Å²) in [4.78, 5) is 4.29. The molecule has 24 heavy (non-hydrogen) atoms. The highest BCUT2D eigenvalue weighted by Crippen LogP contribution is 2.37. The predicted molar refractivity (Wildman–Crippen MR) is 88.5 cm³/mol. The largest absolute Gasteiger partial charge is 0.497 e. The van der Waals surface area contributed by atoms with Gasteiger partial charge >= 0.3 is 0 Å². The van der Waals surface area contributed by atoms with Crippen molar-refractivity contribution in [2.24, 2.45) is 0 Å². The number of fused-ring (bicyclic) bond motifs is 1. The summed E-state index contributed by atoms with van der Waals surface area (Å²) in [6.45, 7) is 0. The normalized spacial score (nSPS) is 19.4. The van der Waals surface area contributed by atoms with Gasteiger partial charge in [-0.1, -0.05) is 24.3 Å². The molecule has 2 heterocycles. The Labute approximate surface area is 139 Å². The van der Waals surface area contributed by atoms with Gasteiger partial charge in [0.15, 0.2) is 0 Å². The second-order valence-corrected chi connectivity index (χ2v) is 5.80. The van der Waals surface area contributed by atoms with Crippen LogP contribution in [0, 0.1) is 5.82 Å². The molecule has 0 unspecified atom stereocenters. The Morgan fingerprint density at radius 1 is 1.17 bits per heavy atom. The summed E-state index contributed by atoms with van der Waals surface area (Å²) >= 11 is 0. The molecule has 0 aliphatic carbocycles. The molecule has 0 bridgehead atoms. The maximum absolute atomic E-state index is 13.7. The zero-order chi connectivity index (χ0) is 16.5. The Bertz CT molecular complexity index is 846. The second-order valence-electron chi connectivity index (χ2n) is 5.80. The van der Waals surface area contributed by atoms with E-state index >= 15 is 0 Å². The van der Waals surface area contributed by atoms with Crippen molar-refractivity contribution >= 4 is 5.95 Å². The third-order valence-electron chi connectivity index (χ3n) is 4.38. The molecule has 1 aliphatic rings. The number of aromatic nitrogens is 3. The minimum Gasteiger partial charge on any atom is -0.497 e. The third kappa shape index (κ3) is 2.60. The first kappa shape index (κ1) is 14.7. The zero-order valence-electron chi connectivity index (χ0n) is 13.2. The number of rotatable bonds is 3. The number of halogens is 1.